The van der Waals surface area contributed by atoms with Crippen molar-refractivity contribution in [1.82, 2.24) is 0 Å². The Morgan fingerprint density at radius 2 is 1.11 bits per heavy atom. The second-order valence-electron chi connectivity index (χ2n) is 14.0. The zero-order valence-electron chi connectivity index (χ0n) is 29.1. The highest BCUT2D eigenvalue weighted by Gasteiger charge is 2.43. The van der Waals surface area contributed by atoms with Gasteiger partial charge in [0.05, 0.1) is 0 Å². The van der Waals surface area contributed by atoms with Gasteiger partial charge in [-0.25, -0.2) is 0 Å². The summed E-state index contributed by atoms with van der Waals surface area (Å²) in [6.07, 6.45) is 8.98. The van der Waals surface area contributed by atoms with Gasteiger partial charge in [-0.3, -0.25) is 0 Å². The van der Waals surface area contributed by atoms with Crippen LogP contribution in [0.5, 0.6) is 0 Å². The molecule has 0 saturated carbocycles. The first-order chi connectivity index (χ1) is 26.3. The van der Waals surface area contributed by atoms with E-state index in [4.69, 9.17) is 4.42 Å². The van der Waals surface area contributed by atoms with E-state index < -0.39 is 0 Å². The van der Waals surface area contributed by atoms with Gasteiger partial charge >= 0.3 is 0 Å². The molecule has 0 radical (unpaired) electrons. The molecule has 0 amide bonds. The Hall–Kier alpha value is -6.72. The molecule has 3 heterocycles. The number of allylic oxidation sites excluding steroid dienone is 3. The van der Waals surface area contributed by atoms with Crippen molar-refractivity contribution < 1.29 is 4.42 Å². The predicted molar refractivity (Wildman–Crippen MR) is 223 cm³/mol. The average Bonchev–Trinajstić information content (AvgIpc) is 3.60. The molecular formula is C48H34BN3O. The van der Waals surface area contributed by atoms with E-state index >= 15 is 0 Å². The molecule has 0 unspecified atom stereocenters. The maximum Gasteiger partial charge on any atom is 0.252 e. The van der Waals surface area contributed by atoms with Gasteiger partial charge in [-0.1, -0.05) is 97.1 Å². The first-order valence-corrected chi connectivity index (χ1v) is 18.5. The van der Waals surface area contributed by atoms with Crippen molar-refractivity contribution in [3.05, 3.63) is 188 Å². The van der Waals surface area contributed by atoms with Crippen LogP contribution in [-0.2, 0) is 0 Å². The summed E-state index contributed by atoms with van der Waals surface area (Å²) in [5.74, 6) is 0. The maximum absolute atomic E-state index is 6.26. The Balaban J connectivity index is 1.15. The van der Waals surface area contributed by atoms with Crippen LogP contribution in [0.15, 0.2) is 192 Å². The molecule has 250 valence electrons. The fourth-order valence-corrected chi connectivity index (χ4v) is 8.79. The van der Waals surface area contributed by atoms with Crippen molar-refractivity contribution in [2.45, 2.75) is 12.8 Å². The van der Waals surface area contributed by atoms with Crippen molar-refractivity contribution >= 4 is 90.5 Å². The van der Waals surface area contributed by atoms with Gasteiger partial charge in [0.1, 0.15) is 11.2 Å². The highest BCUT2D eigenvalue weighted by molar-refractivity contribution is 7.00. The molecule has 0 N–H and O–H groups in total. The van der Waals surface area contributed by atoms with Crippen molar-refractivity contribution in [3.63, 3.8) is 0 Å². The second kappa shape index (κ2) is 11.9. The average molecular weight is 680 g/mol. The lowest BCUT2D eigenvalue weighted by Crippen LogP contribution is -2.61. The van der Waals surface area contributed by atoms with Crippen LogP contribution in [0.2, 0.25) is 0 Å². The Morgan fingerprint density at radius 3 is 1.89 bits per heavy atom. The molecule has 1 aliphatic carbocycles. The number of furan rings is 1. The smallest absolute Gasteiger partial charge is 0.252 e. The maximum atomic E-state index is 6.26. The normalized spacial score (nSPS) is 14.2. The van der Waals surface area contributed by atoms with E-state index in [0.717, 1.165) is 57.5 Å². The van der Waals surface area contributed by atoms with Crippen LogP contribution in [0.4, 0.5) is 45.5 Å². The standard InChI is InChI=1S/C48H34BN3O/c1-4-15-33(16-5-1)50(36-28-30-47-39(31-36)38-21-10-13-26-46(38)53-47)37-27-29-41-45(32-37)52(35-19-8-3-9-20-35)44-25-14-24-43-48(44)49(41)40-22-11-12-23-42(40)51(43)34-17-6-2-7-18-34/h2-4,6-32H,1,5H2. The summed E-state index contributed by atoms with van der Waals surface area (Å²) in [5, 5.41) is 2.25. The third-order valence-electron chi connectivity index (χ3n) is 11.0. The van der Waals surface area contributed by atoms with Crippen molar-refractivity contribution in [2.24, 2.45) is 0 Å². The zero-order chi connectivity index (χ0) is 34.9. The molecule has 0 bridgehead atoms. The summed E-state index contributed by atoms with van der Waals surface area (Å²) in [7, 11) is 0. The van der Waals surface area contributed by atoms with Crippen molar-refractivity contribution in [1.29, 1.82) is 0 Å². The summed E-state index contributed by atoms with van der Waals surface area (Å²) in [6, 6.07) is 59.4. The van der Waals surface area contributed by atoms with Crippen LogP contribution in [0, 0.1) is 0 Å². The molecule has 5 heteroatoms. The number of benzene rings is 7. The van der Waals surface area contributed by atoms with E-state index in [1.54, 1.807) is 0 Å². The topological polar surface area (TPSA) is 22.9 Å². The first kappa shape index (κ1) is 30.0. The fourth-order valence-electron chi connectivity index (χ4n) is 8.79. The third-order valence-corrected chi connectivity index (χ3v) is 11.0. The first-order valence-electron chi connectivity index (χ1n) is 18.5. The third kappa shape index (κ3) is 4.64. The second-order valence-corrected chi connectivity index (χ2v) is 14.0. The molecule has 11 rings (SSSR count). The number of hydrogen-bond acceptors (Lipinski definition) is 4. The number of hydrogen-bond donors (Lipinski definition) is 0. The summed E-state index contributed by atoms with van der Waals surface area (Å²) in [6.45, 7) is 0.0669. The number of para-hydroxylation sites is 4. The summed E-state index contributed by atoms with van der Waals surface area (Å²) >= 11 is 0. The lowest BCUT2D eigenvalue weighted by Gasteiger charge is -2.44. The highest BCUT2D eigenvalue weighted by Crippen LogP contribution is 2.45. The van der Waals surface area contributed by atoms with Crippen LogP contribution in [-0.4, -0.2) is 6.71 Å². The minimum Gasteiger partial charge on any atom is -0.456 e. The van der Waals surface area contributed by atoms with Gasteiger partial charge < -0.3 is 19.1 Å². The molecule has 0 fully saturated rings. The minimum absolute atomic E-state index is 0.0669. The zero-order valence-corrected chi connectivity index (χ0v) is 29.1. The van der Waals surface area contributed by atoms with Gasteiger partial charge in [0.15, 0.2) is 0 Å². The monoisotopic (exact) mass is 679 g/mol. The molecule has 7 aromatic carbocycles. The Morgan fingerprint density at radius 1 is 0.491 bits per heavy atom. The SMILES string of the molecule is C1=CC(N(c2ccc3c(c2)N(c2ccccc2)c2cccc4c2B3c2ccccc2N4c2ccccc2)c2ccc3oc4ccccc4c3c2)=CCC1. The summed E-state index contributed by atoms with van der Waals surface area (Å²) in [4.78, 5) is 7.33. The molecular weight excluding hydrogens is 645 g/mol. The van der Waals surface area contributed by atoms with Gasteiger partial charge in [0.2, 0.25) is 0 Å². The minimum atomic E-state index is 0.0669. The van der Waals surface area contributed by atoms with Gasteiger partial charge in [0, 0.05) is 62.0 Å². The largest absolute Gasteiger partial charge is 0.456 e. The number of fused-ring (bicyclic) bond motifs is 7. The molecule has 1 aromatic heterocycles. The van der Waals surface area contributed by atoms with Crippen molar-refractivity contribution in [3.8, 4) is 0 Å². The van der Waals surface area contributed by atoms with E-state index in [2.05, 4.69) is 185 Å². The van der Waals surface area contributed by atoms with Gasteiger partial charge in [-0.05, 0) is 114 Å². The van der Waals surface area contributed by atoms with E-state index in [0.29, 0.717) is 0 Å². The lowest BCUT2D eigenvalue weighted by atomic mass is 9.33. The number of rotatable bonds is 5. The van der Waals surface area contributed by atoms with E-state index in [1.165, 1.54) is 44.8 Å². The summed E-state index contributed by atoms with van der Waals surface area (Å²) < 4.78 is 6.26. The van der Waals surface area contributed by atoms with E-state index in [1.807, 2.05) is 12.1 Å². The van der Waals surface area contributed by atoms with Crippen LogP contribution in [0.3, 0.4) is 0 Å². The molecule has 4 nitrogen and oxygen atoms in total. The molecule has 3 aliphatic rings. The van der Waals surface area contributed by atoms with Crippen LogP contribution in [0.25, 0.3) is 21.9 Å². The van der Waals surface area contributed by atoms with Gasteiger partial charge in [-0.15, -0.1) is 0 Å². The van der Waals surface area contributed by atoms with Gasteiger partial charge in [0.25, 0.3) is 6.71 Å². The van der Waals surface area contributed by atoms with Crippen molar-refractivity contribution in [2.75, 3.05) is 14.7 Å². The van der Waals surface area contributed by atoms with Crippen LogP contribution in [0.1, 0.15) is 12.8 Å². The quantitative estimate of drug-likeness (QED) is 0.169. The van der Waals surface area contributed by atoms with Gasteiger partial charge in [-0.2, -0.15) is 0 Å². The number of anilines is 8. The Kier molecular flexibility index (Phi) is 6.74. The molecule has 0 saturated heterocycles. The molecule has 8 aromatic rings. The molecule has 2 aliphatic heterocycles. The molecule has 53 heavy (non-hydrogen) atoms. The number of nitrogens with zero attached hydrogens (tertiary/aromatic N) is 3. The molecule has 0 atom stereocenters. The highest BCUT2D eigenvalue weighted by atomic mass is 16.3. The predicted octanol–water partition coefficient (Wildman–Crippen LogP) is 11.0. The molecule has 0 spiro atoms. The lowest BCUT2D eigenvalue weighted by molar-refractivity contribution is 0.669. The Labute approximate surface area is 309 Å². The Bertz CT molecular complexity index is 2770. The van der Waals surface area contributed by atoms with Crippen LogP contribution >= 0.6 is 0 Å². The fraction of sp³-hybridized carbons (Fsp3) is 0.0417. The van der Waals surface area contributed by atoms with E-state index in [-0.39, 0.29) is 6.71 Å². The van der Waals surface area contributed by atoms with E-state index in [9.17, 15) is 0 Å². The van der Waals surface area contributed by atoms with Crippen LogP contribution < -0.4 is 31.1 Å². The summed E-state index contributed by atoms with van der Waals surface area (Å²) in [5.41, 5.74) is 16.3.